The van der Waals surface area contributed by atoms with Gasteiger partial charge in [-0.05, 0) is 48.2 Å². The van der Waals surface area contributed by atoms with Gasteiger partial charge in [0, 0.05) is 52.0 Å². The first kappa shape index (κ1) is 18.2. The summed E-state index contributed by atoms with van der Waals surface area (Å²) in [6.07, 6.45) is 1.76. The van der Waals surface area contributed by atoms with Crippen LogP contribution in [0.4, 0.5) is 5.82 Å². The summed E-state index contributed by atoms with van der Waals surface area (Å²) < 4.78 is 2.25. The third-order valence-electron chi connectivity index (χ3n) is 5.61. The van der Waals surface area contributed by atoms with E-state index in [9.17, 15) is 4.79 Å². The molecule has 0 aliphatic rings. The maximum atomic E-state index is 12.8. The molecule has 2 heterocycles. The number of benzene rings is 3. The summed E-state index contributed by atoms with van der Waals surface area (Å²) >= 11 is 0. The number of nitrogens with zero attached hydrogens (tertiary/aromatic N) is 2. The van der Waals surface area contributed by atoms with Crippen LogP contribution in [-0.2, 0) is 13.1 Å². The number of aromatic nitrogens is 2. The van der Waals surface area contributed by atoms with E-state index in [1.807, 2.05) is 42.5 Å². The fourth-order valence-electron chi connectivity index (χ4n) is 4.13. The Morgan fingerprint density at radius 1 is 0.967 bits per heavy atom. The van der Waals surface area contributed by atoms with Crippen molar-refractivity contribution in [3.63, 3.8) is 0 Å². The zero-order valence-electron chi connectivity index (χ0n) is 16.7. The van der Waals surface area contributed by atoms with Gasteiger partial charge in [-0.25, -0.2) is 4.98 Å². The third kappa shape index (κ3) is 3.05. The summed E-state index contributed by atoms with van der Waals surface area (Å²) in [5.74, 6) is 0.420. The lowest BCUT2D eigenvalue weighted by atomic mass is 10.1. The molecule has 0 bridgehead atoms. The van der Waals surface area contributed by atoms with Gasteiger partial charge in [-0.3, -0.25) is 4.79 Å². The molecule has 5 rings (SSSR count). The Morgan fingerprint density at radius 3 is 2.67 bits per heavy atom. The highest BCUT2D eigenvalue weighted by Gasteiger charge is 2.12. The average Bonchev–Trinajstić information content (AvgIpc) is 3.10. The number of hydrogen-bond donors (Lipinski definition) is 2. The van der Waals surface area contributed by atoms with Crippen LogP contribution < -0.4 is 11.1 Å². The summed E-state index contributed by atoms with van der Waals surface area (Å²) in [6.45, 7) is 3.43. The van der Waals surface area contributed by atoms with E-state index in [4.69, 9.17) is 5.73 Å². The normalized spacial score (nSPS) is 11.4. The molecule has 0 fully saturated rings. The topological polar surface area (TPSA) is 72.9 Å². The molecule has 0 spiro atoms. The maximum absolute atomic E-state index is 12.8. The molecule has 0 aliphatic heterocycles. The molecule has 0 radical (unpaired) electrons. The van der Waals surface area contributed by atoms with Crippen molar-refractivity contribution in [2.45, 2.75) is 20.0 Å². The van der Waals surface area contributed by atoms with Crippen LogP contribution in [0.5, 0.6) is 0 Å². The van der Waals surface area contributed by atoms with Crippen molar-refractivity contribution in [1.29, 1.82) is 0 Å². The number of rotatable bonds is 4. The first-order chi connectivity index (χ1) is 14.6. The maximum Gasteiger partial charge on any atom is 0.251 e. The van der Waals surface area contributed by atoms with Gasteiger partial charge in [0.1, 0.15) is 5.82 Å². The van der Waals surface area contributed by atoms with Gasteiger partial charge in [0.15, 0.2) is 0 Å². The summed E-state index contributed by atoms with van der Waals surface area (Å²) in [5.41, 5.74) is 9.70. The molecule has 1 amide bonds. The van der Waals surface area contributed by atoms with E-state index < -0.39 is 0 Å². The van der Waals surface area contributed by atoms with Crippen LogP contribution in [0.2, 0.25) is 0 Å². The third-order valence-corrected chi connectivity index (χ3v) is 5.61. The molecule has 2 aromatic heterocycles. The zero-order valence-corrected chi connectivity index (χ0v) is 16.7. The van der Waals surface area contributed by atoms with Crippen LogP contribution in [0.1, 0.15) is 22.8 Å². The Labute approximate surface area is 174 Å². The molecule has 0 saturated heterocycles. The summed E-state index contributed by atoms with van der Waals surface area (Å²) in [6, 6.07) is 22.2. The fraction of sp³-hybridized carbons (Fsp3) is 0.120. The first-order valence-corrected chi connectivity index (χ1v) is 10.1. The Balaban J connectivity index is 1.42. The Morgan fingerprint density at radius 2 is 1.80 bits per heavy atom. The van der Waals surface area contributed by atoms with Crippen LogP contribution in [0.3, 0.4) is 0 Å². The summed E-state index contributed by atoms with van der Waals surface area (Å²) in [7, 11) is 0. The minimum absolute atomic E-state index is 0.0830. The molecule has 3 N–H and O–H groups in total. The molecule has 5 aromatic rings. The largest absolute Gasteiger partial charge is 0.384 e. The predicted molar refractivity (Wildman–Crippen MR) is 122 cm³/mol. The van der Waals surface area contributed by atoms with Gasteiger partial charge in [-0.1, -0.05) is 36.4 Å². The van der Waals surface area contributed by atoms with Crippen LogP contribution in [0.25, 0.3) is 32.6 Å². The number of pyridine rings is 1. The molecule has 5 nitrogen and oxygen atoms in total. The summed E-state index contributed by atoms with van der Waals surface area (Å²) in [5, 5.41) is 7.46. The van der Waals surface area contributed by atoms with Gasteiger partial charge in [0.05, 0.1) is 0 Å². The smallest absolute Gasteiger partial charge is 0.251 e. The molecule has 0 aliphatic carbocycles. The number of amides is 1. The summed E-state index contributed by atoms with van der Waals surface area (Å²) in [4.78, 5) is 17.0. The van der Waals surface area contributed by atoms with Crippen molar-refractivity contribution >= 4 is 44.3 Å². The number of nitrogens with one attached hydrogen (secondary N) is 1. The van der Waals surface area contributed by atoms with Gasteiger partial charge in [-0.2, -0.15) is 0 Å². The lowest BCUT2D eigenvalue weighted by Crippen LogP contribution is -2.22. The lowest BCUT2D eigenvalue weighted by Gasteiger charge is -2.08. The number of aryl methyl sites for hydroxylation is 1. The minimum atomic E-state index is -0.0830. The fourth-order valence-corrected chi connectivity index (χ4v) is 4.13. The standard InChI is InChI=1S/C25H22N4O/c1-2-29-22-6-4-3-5-20(22)21-10-9-18(12-23(21)29)25(30)28-14-16-7-8-17-13-24(26)27-15-19(17)11-16/h3-13,15H,2,14H2,1H3,(H2,26,27)(H,28,30). The van der Waals surface area contributed by atoms with E-state index >= 15 is 0 Å². The van der Waals surface area contributed by atoms with Crippen molar-refractivity contribution in [1.82, 2.24) is 14.9 Å². The molecular formula is C25H22N4O. The molecule has 5 heteroatoms. The second-order valence-electron chi connectivity index (χ2n) is 7.47. The number of hydrogen-bond acceptors (Lipinski definition) is 3. The number of carbonyl (C=O) groups excluding carboxylic acids is 1. The van der Waals surface area contributed by atoms with Gasteiger partial charge in [-0.15, -0.1) is 0 Å². The number of nitrogens with two attached hydrogens (primary N) is 1. The number of para-hydroxylation sites is 1. The SMILES string of the molecule is CCn1c2ccccc2c2ccc(C(=O)NCc3ccc4cc(N)ncc4c3)cc21. The monoisotopic (exact) mass is 394 g/mol. The van der Waals surface area contributed by atoms with E-state index in [0.717, 1.165) is 28.4 Å². The molecular weight excluding hydrogens is 372 g/mol. The van der Waals surface area contributed by atoms with E-state index in [1.165, 1.54) is 16.3 Å². The van der Waals surface area contributed by atoms with Gasteiger partial charge < -0.3 is 15.6 Å². The number of fused-ring (bicyclic) bond motifs is 4. The van der Waals surface area contributed by atoms with Crippen molar-refractivity contribution < 1.29 is 4.79 Å². The average molecular weight is 394 g/mol. The highest BCUT2D eigenvalue weighted by atomic mass is 16.1. The molecule has 3 aromatic carbocycles. The first-order valence-electron chi connectivity index (χ1n) is 10.1. The Bertz CT molecular complexity index is 1420. The van der Waals surface area contributed by atoms with Crippen molar-refractivity contribution in [2.24, 2.45) is 0 Å². The van der Waals surface area contributed by atoms with Crippen LogP contribution in [-0.4, -0.2) is 15.5 Å². The van der Waals surface area contributed by atoms with Crippen LogP contribution in [0, 0.1) is 0 Å². The van der Waals surface area contributed by atoms with E-state index in [-0.39, 0.29) is 5.91 Å². The van der Waals surface area contributed by atoms with Crippen molar-refractivity contribution in [3.8, 4) is 0 Å². The van der Waals surface area contributed by atoms with E-state index in [2.05, 4.69) is 46.1 Å². The van der Waals surface area contributed by atoms with Crippen molar-refractivity contribution in [2.75, 3.05) is 5.73 Å². The molecule has 0 unspecified atom stereocenters. The highest BCUT2D eigenvalue weighted by molar-refractivity contribution is 6.10. The van der Waals surface area contributed by atoms with Gasteiger partial charge in [0.25, 0.3) is 5.91 Å². The number of carbonyl (C=O) groups is 1. The van der Waals surface area contributed by atoms with E-state index in [1.54, 1.807) is 6.20 Å². The predicted octanol–water partition coefficient (Wildman–Crippen LogP) is 4.87. The van der Waals surface area contributed by atoms with Gasteiger partial charge >= 0.3 is 0 Å². The minimum Gasteiger partial charge on any atom is -0.384 e. The second-order valence-corrected chi connectivity index (χ2v) is 7.47. The molecule has 148 valence electrons. The Kier molecular flexibility index (Phi) is 4.36. The highest BCUT2D eigenvalue weighted by Crippen LogP contribution is 2.29. The second kappa shape index (κ2) is 7.19. The zero-order chi connectivity index (χ0) is 20.7. The quantitative estimate of drug-likeness (QED) is 0.456. The lowest BCUT2D eigenvalue weighted by molar-refractivity contribution is 0.0951. The van der Waals surface area contributed by atoms with Crippen molar-refractivity contribution in [3.05, 3.63) is 84.1 Å². The number of anilines is 1. The van der Waals surface area contributed by atoms with Gasteiger partial charge in [0.2, 0.25) is 0 Å². The number of nitrogen functional groups attached to an aromatic ring is 1. The molecule has 0 saturated carbocycles. The van der Waals surface area contributed by atoms with Crippen LogP contribution >= 0.6 is 0 Å². The van der Waals surface area contributed by atoms with Crippen LogP contribution in [0.15, 0.2) is 72.9 Å². The molecule has 30 heavy (non-hydrogen) atoms. The molecule has 0 atom stereocenters. The van der Waals surface area contributed by atoms with E-state index in [0.29, 0.717) is 17.9 Å². The Hall–Kier alpha value is -3.86.